The van der Waals surface area contributed by atoms with Crippen LogP contribution in [0.2, 0.25) is 0 Å². The summed E-state index contributed by atoms with van der Waals surface area (Å²) in [6.07, 6.45) is 4.14. The maximum atomic E-state index is 13.0. The average Bonchev–Trinajstić information content (AvgIpc) is 3.12. The van der Waals surface area contributed by atoms with Crippen molar-refractivity contribution in [1.82, 2.24) is 9.55 Å². The van der Waals surface area contributed by atoms with Crippen LogP contribution in [0.4, 0.5) is 0 Å². The van der Waals surface area contributed by atoms with E-state index in [0.717, 1.165) is 29.7 Å². The van der Waals surface area contributed by atoms with E-state index in [2.05, 4.69) is 11.9 Å². The molecule has 0 saturated carbocycles. The fourth-order valence-corrected chi connectivity index (χ4v) is 5.25. The van der Waals surface area contributed by atoms with E-state index in [1.54, 1.807) is 35.6 Å². The minimum atomic E-state index is -0.853. The van der Waals surface area contributed by atoms with E-state index < -0.39 is 6.10 Å². The number of nitrogens with zero attached hydrogens (tertiary/aromatic N) is 2. The van der Waals surface area contributed by atoms with E-state index in [0.29, 0.717) is 29.0 Å². The number of Topliss-reactive ketones (excluding diaryl/α,β-unsaturated/α-hetero) is 1. The van der Waals surface area contributed by atoms with Crippen LogP contribution in [0.25, 0.3) is 10.2 Å². The van der Waals surface area contributed by atoms with Crippen molar-refractivity contribution in [3.05, 3.63) is 57.0 Å². The van der Waals surface area contributed by atoms with Crippen molar-refractivity contribution in [3.63, 3.8) is 0 Å². The highest BCUT2D eigenvalue weighted by Gasteiger charge is 2.23. The number of aliphatic hydroxyl groups is 1. The molecule has 158 valence electrons. The van der Waals surface area contributed by atoms with E-state index >= 15 is 0 Å². The molecule has 7 heteroatoms. The van der Waals surface area contributed by atoms with Crippen molar-refractivity contribution >= 4 is 27.3 Å². The molecule has 6 nitrogen and oxygen atoms in total. The molecule has 0 fully saturated rings. The van der Waals surface area contributed by atoms with Crippen LogP contribution in [-0.4, -0.2) is 33.2 Å². The summed E-state index contributed by atoms with van der Waals surface area (Å²) in [6.45, 7) is 4.23. The zero-order valence-electron chi connectivity index (χ0n) is 17.3. The molecule has 30 heavy (non-hydrogen) atoms. The summed E-state index contributed by atoms with van der Waals surface area (Å²) in [6, 6.07) is 6.87. The molecule has 4 rings (SSSR count). The number of hydrogen-bond acceptors (Lipinski definition) is 6. The summed E-state index contributed by atoms with van der Waals surface area (Å²) < 4.78 is 7.10. The third-order valence-electron chi connectivity index (χ3n) is 5.63. The number of carbonyl (C=O) groups is 1. The molecule has 2 unspecified atom stereocenters. The third-order valence-corrected chi connectivity index (χ3v) is 6.79. The van der Waals surface area contributed by atoms with Crippen LogP contribution in [0.1, 0.15) is 47.5 Å². The summed E-state index contributed by atoms with van der Waals surface area (Å²) in [7, 11) is 0. The van der Waals surface area contributed by atoms with Crippen molar-refractivity contribution in [2.75, 3.05) is 6.61 Å². The predicted octanol–water partition coefficient (Wildman–Crippen LogP) is 3.62. The molecule has 0 aliphatic heterocycles. The molecule has 0 radical (unpaired) electrons. The van der Waals surface area contributed by atoms with Crippen LogP contribution in [-0.2, 0) is 19.4 Å². The van der Waals surface area contributed by atoms with Gasteiger partial charge in [-0.05, 0) is 55.0 Å². The Kier molecular flexibility index (Phi) is 6.01. The fraction of sp³-hybridized carbons (Fsp3) is 0.435. The SMILES string of the molecule is CCC(=O)c1ccc(OCC(O)Cn2cnc3sc4c(c3c2=O)CCC(C)C4)cc1. The number of benzene rings is 1. The molecular formula is C23H26N2O4S. The maximum Gasteiger partial charge on any atom is 0.262 e. The summed E-state index contributed by atoms with van der Waals surface area (Å²) >= 11 is 1.62. The molecule has 3 aromatic rings. The zero-order chi connectivity index (χ0) is 21.3. The number of fused-ring (bicyclic) bond motifs is 3. The molecule has 0 spiro atoms. The van der Waals surface area contributed by atoms with Gasteiger partial charge >= 0.3 is 0 Å². The highest BCUT2D eigenvalue weighted by Crippen LogP contribution is 2.35. The largest absolute Gasteiger partial charge is 0.491 e. The number of aliphatic hydroxyl groups excluding tert-OH is 1. The van der Waals surface area contributed by atoms with Crippen molar-refractivity contribution in [2.45, 2.75) is 52.2 Å². The Morgan fingerprint density at radius 2 is 2.13 bits per heavy atom. The summed E-state index contributed by atoms with van der Waals surface area (Å²) in [4.78, 5) is 31.3. The molecule has 0 saturated heterocycles. The third kappa shape index (κ3) is 4.18. The number of hydrogen-bond donors (Lipinski definition) is 1. The van der Waals surface area contributed by atoms with Gasteiger partial charge in [0, 0.05) is 16.9 Å². The first kappa shape index (κ1) is 20.8. The molecule has 0 bridgehead atoms. The van der Waals surface area contributed by atoms with Crippen LogP contribution < -0.4 is 10.3 Å². The number of ether oxygens (including phenoxy) is 1. The van der Waals surface area contributed by atoms with Crippen LogP contribution in [0.3, 0.4) is 0 Å². The van der Waals surface area contributed by atoms with Crippen molar-refractivity contribution in [1.29, 1.82) is 0 Å². The van der Waals surface area contributed by atoms with Gasteiger partial charge in [0.2, 0.25) is 0 Å². The number of aryl methyl sites for hydroxylation is 1. The Hall–Kier alpha value is -2.51. The van der Waals surface area contributed by atoms with Crippen LogP contribution >= 0.6 is 11.3 Å². The summed E-state index contributed by atoms with van der Waals surface area (Å²) in [5, 5.41) is 11.1. The summed E-state index contributed by atoms with van der Waals surface area (Å²) in [5.74, 6) is 1.29. The van der Waals surface area contributed by atoms with E-state index in [9.17, 15) is 14.7 Å². The Bertz CT molecular complexity index is 1120. The maximum absolute atomic E-state index is 13.0. The highest BCUT2D eigenvalue weighted by atomic mass is 32.1. The van der Waals surface area contributed by atoms with Gasteiger partial charge in [-0.3, -0.25) is 14.2 Å². The first-order chi connectivity index (χ1) is 14.5. The molecular weight excluding hydrogens is 400 g/mol. The lowest BCUT2D eigenvalue weighted by atomic mass is 9.89. The van der Waals surface area contributed by atoms with E-state index in [1.165, 1.54) is 15.8 Å². The lowest BCUT2D eigenvalue weighted by Gasteiger charge is -2.17. The topological polar surface area (TPSA) is 81.4 Å². The van der Waals surface area contributed by atoms with Crippen molar-refractivity contribution < 1.29 is 14.6 Å². The number of aromatic nitrogens is 2. The van der Waals surface area contributed by atoms with Gasteiger partial charge in [0.05, 0.1) is 18.3 Å². The molecule has 1 aliphatic rings. The van der Waals surface area contributed by atoms with E-state index in [1.807, 2.05) is 6.92 Å². The monoisotopic (exact) mass is 426 g/mol. The number of carbonyl (C=O) groups excluding carboxylic acids is 1. The smallest absolute Gasteiger partial charge is 0.262 e. The van der Waals surface area contributed by atoms with Gasteiger partial charge in [0.1, 0.15) is 23.3 Å². The molecule has 1 aliphatic carbocycles. The average molecular weight is 427 g/mol. The van der Waals surface area contributed by atoms with E-state index in [4.69, 9.17) is 4.74 Å². The van der Waals surface area contributed by atoms with Gasteiger partial charge in [0.15, 0.2) is 5.78 Å². The lowest BCUT2D eigenvalue weighted by Crippen LogP contribution is -2.30. The van der Waals surface area contributed by atoms with E-state index in [-0.39, 0.29) is 24.5 Å². The first-order valence-corrected chi connectivity index (χ1v) is 11.2. The molecule has 1 N–H and O–H groups in total. The molecule has 2 heterocycles. The molecule has 2 atom stereocenters. The quantitative estimate of drug-likeness (QED) is 0.584. The minimum Gasteiger partial charge on any atom is -0.491 e. The van der Waals surface area contributed by atoms with Gasteiger partial charge < -0.3 is 9.84 Å². The number of rotatable bonds is 7. The Labute approximate surface area is 179 Å². The van der Waals surface area contributed by atoms with Gasteiger partial charge in [-0.25, -0.2) is 4.98 Å². The Balaban J connectivity index is 1.44. The van der Waals surface area contributed by atoms with Gasteiger partial charge in [-0.15, -0.1) is 11.3 Å². The normalized spacial score (nSPS) is 17.0. The molecule has 2 aromatic heterocycles. The van der Waals surface area contributed by atoms with Crippen LogP contribution in [0.15, 0.2) is 35.4 Å². The standard InChI is InChI=1S/C23H26N2O4S/c1-3-19(27)15-5-7-17(8-6-15)29-12-16(26)11-25-13-24-22-21(23(25)28)18-9-4-14(2)10-20(18)30-22/h5-8,13-14,16,26H,3-4,9-12H2,1-2H3. The minimum absolute atomic E-state index is 0.0464. The second-order valence-electron chi connectivity index (χ2n) is 8.00. The van der Waals surface area contributed by atoms with Gasteiger partial charge in [-0.2, -0.15) is 0 Å². The Morgan fingerprint density at radius 1 is 1.37 bits per heavy atom. The first-order valence-electron chi connectivity index (χ1n) is 10.4. The fourth-order valence-electron chi connectivity index (χ4n) is 3.91. The number of thiophene rings is 1. The van der Waals surface area contributed by atoms with Gasteiger partial charge in [0.25, 0.3) is 5.56 Å². The zero-order valence-corrected chi connectivity index (χ0v) is 18.1. The molecule has 0 amide bonds. The van der Waals surface area contributed by atoms with Crippen LogP contribution in [0.5, 0.6) is 5.75 Å². The van der Waals surface area contributed by atoms with Crippen molar-refractivity contribution in [3.8, 4) is 5.75 Å². The highest BCUT2D eigenvalue weighted by molar-refractivity contribution is 7.18. The van der Waals surface area contributed by atoms with Crippen molar-refractivity contribution in [2.24, 2.45) is 5.92 Å². The summed E-state index contributed by atoms with van der Waals surface area (Å²) in [5.41, 5.74) is 1.70. The molecule has 1 aromatic carbocycles. The van der Waals surface area contributed by atoms with Gasteiger partial charge in [-0.1, -0.05) is 13.8 Å². The second-order valence-corrected chi connectivity index (χ2v) is 9.08. The number of ketones is 1. The second kappa shape index (κ2) is 8.70. The van der Waals surface area contributed by atoms with Crippen LogP contribution in [0, 0.1) is 5.92 Å². The Morgan fingerprint density at radius 3 is 2.87 bits per heavy atom. The lowest BCUT2D eigenvalue weighted by molar-refractivity contribution is 0.0913. The predicted molar refractivity (Wildman–Crippen MR) is 118 cm³/mol.